The lowest BCUT2D eigenvalue weighted by molar-refractivity contribution is -0.146. The summed E-state index contributed by atoms with van der Waals surface area (Å²) in [6, 6.07) is 7.81. The lowest BCUT2D eigenvalue weighted by atomic mass is 9.88. The minimum Gasteiger partial charge on any atom is -0.481 e. The fourth-order valence-electron chi connectivity index (χ4n) is 2.49. The summed E-state index contributed by atoms with van der Waals surface area (Å²) in [4.78, 5) is 23.0. The Hall–Kier alpha value is -2.04. The summed E-state index contributed by atoms with van der Waals surface area (Å²) in [5.74, 6) is -0.925. The predicted octanol–water partition coefficient (Wildman–Crippen LogP) is 2.47. The van der Waals surface area contributed by atoms with E-state index in [2.05, 4.69) is 16.7 Å². The molecule has 0 bridgehead atoms. The van der Waals surface area contributed by atoms with Gasteiger partial charge < -0.3 is 15.7 Å². The number of aryl methyl sites for hydroxylation is 1. The molecular formula is C16H22N2O3. The van der Waals surface area contributed by atoms with Gasteiger partial charge >= 0.3 is 12.0 Å². The molecule has 2 amide bonds. The van der Waals surface area contributed by atoms with Gasteiger partial charge in [0, 0.05) is 6.54 Å². The Balaban J connectivity index is 1.94. The van der Waals surface area contributed by atoms with Crippen molar-refractivity contribution < 1.29 is 14.7 Å². The van der Waals surface area contributed by atoms with Crippen molar-refractivity contribution in [3.63, 3.8) is 0 Å². The summed E-state index contributed by atoms with van der Waals surface area (Å²) in [6.07, 6.45) is 3.00. The van der Waals surface area contributed by atoms with Gasteiger partial charge in [0.2, 0.25) is 0 Å². The summed E-state index contributed by atoms with van der Waals surface area (Å²) in [5, 5.41) is 14.6. The molecule has 2 rings (SSSR count). The number of fused-ring (bicyclic) bond motifs is 1. The number of nitrogens with one attached hydrogen (secondary N) is 2. The molecule has 0 radical (unpaired) electrons. The second kappa shape index (κ2) is 6.16. The van der Waals surface area contributed by atoms with Crippen molar-refractivity contribution in [3.05, 3.63) is 35.4 Å². The highest BCUT2D eigenvalue weighted by Crippen LogP contribution is 2.29. The molecule has 5 nitrogen and oxygen atoms in total. The van der Waals surface area contributed by atoms with Crippen LogP contribution >= 0.6 is 0 Å². The minimum atomic E-state index is -0.970. The zero-order valence-electron chi connectivity index (χ0n) is 12.5. The van der Waals surface area contributed by atoms with E-state index < -0.39 is 11.4 Å². The standard InChI is InChI=1S/C16H22N2O3/c1-16(2,14(19)20)10-17-15(21)18-13-9-5-7-11-6-3-4-8-12(11)13/h3-4,6,8,13H,5,7,9-10H2,1-2H3,(H,19,20)(H2,17,18,21). The zero-order chi connectivity index (χ0) is 15.5. The van der Waals surface area contributed by atoms with Crippen molar-refractivity contribution in [1.82, 2.24) is 10.6 Å². The molecular weight excluding hydrogens is 268 g/mol. The van der Waals surface area contributed by atoms with Crippen LogP contribution in [0, 0.1) is 5.41 Å². The number of carbonyl (C=O) groups is 2. The number of aliphatic carboxylic acids is 1. The second-order valence-corrected chi connectivity index (χ2v) is 6.16. The van der Waals surface area contributed by atoms with E-state index in [9.17, 15) is 9.59 Å². The highest BCUT2D eigenvalue weighted by Gasteiger charge is 2.28. The van der Waals surface area contributed by atoms with Gasteiger partial charge in [-0.3, -0.25) is 4.79 Å². The summed E-state index contributed by atoms with van der Waals surface area (Å²) in [7, 11) is 0. The van der Waals surface area contributed by atoms with Crippen molar-refractivity contribution in [3.8, 4) is 0 Å². The van der Waals surface area contributed by atoms with Gasteiger partial charge in [-0.2, -0.15) is 0 Å². The Morgan fingerprint density at radius 2 is 2.05 bits per heavy atom. The van der Waals surface area contributed by atoms with Gasteiger partial charge in [0.15, 0.2) is 0 Å². The maximum Gasteiger partial charge on any atom is 0.315 e. The highest BCUT2D eigenvalue weighted by atomic mass is 16.4. The summed E-state index contributed by atoms with van der Waals surface area (Å²) in [5.41, 5.74) is 1.47. The number of hydrogen-bond acceptors (Lipinski definition) is 2. The van der Waals surface area contributed by atoms with E-state index in [0.29, 0.717) is 0 Å². The van der Waals surface area contributed by atoms with Crippen LogP contribution in [-0.4, -0.2) is 23.7 Å². The Bertz CT molecular complexity index is 540. The molecule has 0 fully saturated rings. The lowest BCUT2D eigenvalue weighted by Crippen LogP contribution is -2.45. The van der Waals surface area contributed by atoms with Crippen LogP contribution in [0.15, 0.2) is 24.3 Å². The lowest BCUT2D eigenvalue weighted by Gasteiger charge is -2.27. The molecule has 0 saturated heterocycles. The number of benzene rings is 1. The van der Waals surface area contributed by atoms with Crippen LogP contribution in [-0.2, 0) is 11.2 Å². The van der Waals surface area contributed by atoms with Crippen LogP contribution in [0.25, 0.3) is 0 Å². The maximum atomic E-state index is 12.0. The minimum absolute atomic E-state index is 0.00268. The van der Waals surface area contributed by atoms with Gasteiger partial charge in [-0.05, 0) is 44.2 Å². The molecule has 114 valence electrons. The Morgan fingerprint density at radius 3 is 2.76 bits per heavy atom. The number of amides is 2. The summed E-state index contributed by atoms with van der Waals surface area (Å²) >= 11 is 0. The normalized spacial score (nSPS) is 17.7. The van der Waals surface area contributed by atoms with E-state index in [1.54, 1.807) is 13.8 Å². The van der Waals surface area contributed by atoms with Gasteiger partial charge in [-0.25, -0.2) is 4.79 Å². The highest BCUT2D eigenvalue weighted by molar-refractivity contribution is 5.77. The summed E-state index contributed by atoms with van der Waals surface area (Å²) in [6.45, 7) is 3.28. The van der Waals surface area contributed by atoms with E-state index in [4.69, 9.17) is 5.11 Å². The van der Waals surface area contributed by atoms with Crippen LogP contribution in [0.1, 0.15) is 43.9 Å². The smallest absolute Gasteiger partial charge is 0.315 e. The fraction of sp³-hybridized carbons (Fsp3) is 0.500. The first-order chi connectivity index (χ1) is 9.90. The molecule has 0 heterocycles. The first-order valence-corrected chi connectivity index (χ1v) is 7.26. The quantitative estimate of drug-likeness (QED) is 0.797. The van der Waals surface area contributed by atoms with E-state index in [-0.39, 0.29) is 18.6 Å². The largest absolute Gasteiger partial charge is 0.481 e. The van der Waals surface area contributed by atoms with Crippen LogP contribution in [0.4, 0.5) is 4.79 Å². The number of urea groups is 1. The average molecular weight is 290 g/mol. The van der Waals surface area contributed by atoms with Crippen molar-refractivity contribution in [2.24, 2.45) is 5.41 Å². The second-order valence-electron chi connectivity index (χ2n) is 6.16. The number of carbonyl (C=O) groups excluding carboxylic acids is 1. The molecule has 1 unspecified atom stereocenters. The zero-order valence-corrected chi connectivity index (χ0v) is 12.5. The predicted molar refractivity (Wildman–Crippen MR) is 80.1 cm³/mol. The molecule has 3 N–H and O–H groups in total. The Morgan fingerprint density at radius 1 is 1.33 bits per heavy atom. The molecule has 0 aromatic heterocycles. The van der Waals surface area contributed by atoms with E-state index in [1.807, 2.05) is 18.2 Å². The number of rotatable bonds is 4. The molecule has 1 aliphatic rings. The Kier molecular flexibility index (Phi) is 4.50. The molecule has 5 heteroatoms. The number of carboxylic acids is 1. The molecule has 1 atom stereocenters. The first-order valence-electron chi connectivity index (χ1n) is 7.26. The van der Waals surface area contributed by atoms with E-state index in [0.717, 1.165) is 24.8 Å². The third-order valence-electron chi connectivity index (χ3n) is 3.94. The van der Waals surface area contributed by atoms with Crippen LogP contribution < -0.4 is 10.6 Å². The van der Waals surface area contributed by atoms with Crippen LogP contribution in [0.3, 0.4) is 0 Å². The first kappa shape index (κ1) is 15.4. The fourth-order valence-corrected chi connectivity index (χ4v) is 2.49. The topological polar surface area (TPSA) is 78.4 Å². The summed E-state index contributed by atoms with van der Waals surface area (Å²) < 4.78 is 0. The Labute approximate surface area is 124 Å². The van der Waals surface area contributed by atoms with Crippen LogP contribution in [0.2, 0.25) is 0 Å². The van der Waals surface area contributed by atoms with Crippen molar-refractivity contribution in [2.75, 3.05) is 6.54 Å². The molecule has 1 aromatic rings. The van der Waals surface area contributed by atoms with Gasteiger partial charge in [-0.15, -0.1) is 0 Å². The van der Waals surface area contributed by atoms with Crippen LogP contribution in [0.5, 0.6) is 0 Å². The number of hydrogen-bond donors (Lipinski definition) is 3. The molecule has 1 aliphatic carbocycles. The van der Waals surface area contributed by atoms with Gasteiger partial charge in [0.1, 0.15) is 0 Å². The van der Waals surface area contributed by atoms with Crippen molar-refractivity contribution >= 4 is 12.0 Å². The third kappa shape index (κ3) is 3.74. The molecule has 21 heavy (non-hydrogen) atoms. The van der Waals surface area contributed by atoms with Gasteiger partial charge in [0.05, 0.1) is 11.5 Å². The molecule has 0 aliphatic heterocycles. The monoisotopic (exact) mass is 290 g/mol. The molecule has 0 spiro atoms. The maximum absolute atomic E-state index is 12.0. The molecule has 0 saturated carbocycles. The van der Waals surface area contributed by atoms with Crippen molar-refractivity contribution in [2.45, 2.75) is 39.2 Å². The SMILES string of the molecule is CC(C)(CNC(=O)NC1CCCc2ccccc21)C(=O)O. The van der Waals surface area contributed by atoms with Gasteiger partial charge in [0.25, 0.3) is 0 Å². The van der Waals surface area contributed by atoms with E-state index in [1.165, 1.54) is 5.56 Å². The van der Waals surface area contributed by atoms with Crippen molar-refractivity contribution in [1.29, 1.82) is 0 Å². The average Bonchev–Trinajstić information content (AvgIpc) is 2.45. The van der Waals surface area contributed by atoms with E-state index >= 15 is 0 Å². The third-order valence-corrected chi connectivity index (χ3v) is 3.94. The van der Waals surface area contributed by atoms with Gasteiger partial charge in [-0.1, -0.05) is 24.3 Å². The number of carboxylic acid groups (broad SMARTS) is 1. The molecule has 1 aromatic carbocycles.